The quantitative estimate of drug-likeness (QED) is 0.723. The molecule has 0 fully saturated rings. The smallest absolute Gasteiger partial charge is 0.254 e. The first kappa shape index (κ1) is 9.52. The van der Waals surface area contributed by atoms with E-state index in [0.717, 1.165) is 0 Å². The van der Waals surface area contributed by atoms with Gasteiger partial charge in [0.25, 0.3) is 4.51 Å². The van der Waals surface area contributed by atoms with Crippen molar-refractivity contribution in [1.29, 1.82) is 0 Å². The van der Waals surface area contributed by atoms with Crippen molar-refractivity contribution in [3.05, 3.63) is 24.3 Å². The monoisotopic (exact) mass is 256 g/mol. The SMILES string of the molecule is CC(=O)C1(Br)COc2ccccc2O1. The highest BCUT2D eigenvalue weighted by Crippen LogP contribution is 2.37. The molecule has 0 bridgehead atoms. The van der Waals surface area contributed by atoms with Crippen LogP contribution in [0.5, 0.6) is 11.5 Å². The zero-order chi connectivity index (χ0) is 10.2. The highest BCUT2D eigenvalue weighted by Gasteiger charge is 2.39. The Morgan fingerprint density at radius 2 is 2.07 bits per heavy atom. The molecule has 1 aliphatic rings. The fourth-order valence-electron chi connectivity index (χ4n) is 1.20. The van der Waals surface area contributed by atoms with Crippen molar-refractivity contribution < 1.29 is 14.3 Å². The van der Waals surface area contributed by atoms with Crippen molar-refractivity contribution in [2.45, 2.75) is 11.4 Å². The Labute approximate surface area is 90.1 Å². The number of benzene rings is 1. The van der Waals surface area contributed by atoms with Gasteiger partial charge < -0.3 is 9.47 Å². The molecule has 0 aromatic heterocycles. The van der Waals surface area contributed by atoms with Crippen LogP contribution in [-0.4, -0.2) is 16.9 Å². The third-order valence-electron chi connectivity index (χ3n) is 2.06. The molecule has 1 aromatic carbocycles. The van der Waals surface area contributed by atoms with Crippen LogP contribution in [-0.2, 0) is 4.79 Å². The van der Waals surface area contributed by atoms with Gasteiger partial charge in [-0.1, -0.05) is 12.1 Å². The Balaban J connectivity index is 2.34. The summed E-state index contributed by atoms with van der Waals surface area (Å²) in [5.74, 6) is 1.15. The molecular weight excluding hydrogens is 248 g/mol. The topological polar surface area (TPSA) is 35.5 Å². The minimum absolute atomic E-state index is 0.105. The summed E-state index contributed by atoms with van der Waals surface area (Å²) in [6, 6.07) is 7.27. The molecule has 0 radical (unpaired) electrons. The summed E-state index contributed by atoms with van der Waals surface area (Å²) in [7, 11) is 0. The van der Waals surface area contributed by atoms with Crippen LogP contribution in [0.2, 0.25) is 0 Å². The largest absolute Gasteiger partial charge is 0.484 e. The third-order valence-corrected chi connectivity index (χ3v) is 3.01. The number of carbonyl (C=O) groups excluding carboxylic acids is 1. The first-order valence-electron chi connectivity index (χ1n) is 4.23. The number of hydrogen-bond donors (Lipinski definition) is 0. The number of rotatable bonds is 1. The second kappa shape index (κ2) is 3.28. The van der Waals surface area contributed by atoms with Crippen LogP contribution < -0.4 is 9.47 Å². The number of Topliss-reactive ketones (excluding diaryl/α,β-unsaturated/α-hetero) is 1. The maximum Gasteiger partial charge on any atom is 0.254 e. The summed E-state index contributed by atoms with van der Waals surface area (Å²) in [6.45, 7) is 1.66. The molecule has 2 rings (SSSR count). The molecule has 0 N–H and O–H groups in total. The van der Waals surface area contributed by atoms with Gasteiger partial charge in [0.05, 0.1) is 0 Å². The fourth-order valence-corrected chi connectivity index (χ4v) is 1.49. The lowest BCUT2D eigenvalue weighted by molar-refractivity contribution is -0.128. The number of fused-ring (bicyclic) bond motifs is 1. The first-order chi connectivity index (χ1) is 6.62. The van der Waals surface area contributed by atoms with Crippen LogP contribution in [0.15, 0.2) is 24.3 Å². The lowest BCUT2D eigenvalue weighted by Gasteiger charge is -2.31. The average molecular weight is 257 g/mol. The molecule has 3 nitrogen and oxygen atoms in total. The minimum Gasteiger partial charge on any atom is -0.484 e. The predicted octanol–water partition coefficient (Wildman–Crippen LogP) is 2.14. The van der Waals surface area contributed by atoms with Crippen molar-refractivity contribution in [2.24, 2.45) is 0 Å². The summed E-state index contributed by atoms with van der Waals surface area (Å²) in [5.41, 5.74) is 0. The molecule has 4 heteroatoms. The van der Waals surface area contributed by atoms with Gasteiger partial charge in [-0.3, -0.25) is 4.79 Å². The van der Waals surface area contributed by atoms with Crippen LogP contribution in [0.25, 0.3) is 0 Å². The number of ether oxygens (including phenoxy) is 2. The first-order valence-corrected chi connectivity index (χ1v) is 5.02. The zero-order valence-corrected chi connectivity index (χ0v) is 9.21. The number of ketones is 1. The van der Waals surface area contributed by atoms with E-state index in [0.29, 0.717) is 11.5 Å². The Kier molecular flexibility index (Phi) is 2.23. The second-order valence-electron chi connectivity index (χ2n) is 3.12. The normalized spacial score (nSPS) is 24.4. The molecule has 1 aromatic rings. The molecule has 1 unspecified atom stereocenters. The fraction of sp³-hybridized carbons (Fsp3) is 0.300. The van der Waals surface area contributed by atoms with E-state index in [1.165, 1.54) is 6.92 Å². The van der Waals surface area contributed by atoms with E-state index in [4.69, 9.17) is 9.47 Å². The van der Waals surface area contributed by atoms with Crippen LogP contribution in [0.3, 0.4) is 0 Å². The molecule has 0 spiro atoms. The minimum atomic E-state index is -1.03. The van der Waals surface area contributed by atoms with E-state index in [1.54, 1.807) is 6.07 Å². The van der Waals surface area contributed by atoms with Crippen LogP contribution in [0.1, 0.15) is 6.92 Å². The van der Waals surface area contributed by atoms with Crippen LogP contribution in [0.4, 0.5) is 0 Å². The Bertz CT molecular complexity index is 377. The summed E-state index contributed by atoms with van der Waals surface area (Å²) in [5, 5.41) is 0. The number of hydrogen-bond acceptors (Lipinski definition) is 3. The summed E-state index contributed by atoms with van der Waals surface area (Å²) < 4.78 is 9.90. The predicted molar refractivity (Wildman–Crippen MR) is 54.9 cm³/mol. The summed E-state index contributed by atoms with van der Waals surface area (Å²) >= 11 is 3.23. The van der Waals surface area contributed by atoms with Gasteiger partial charge in [-0.2, -0.15) is 0 Å². The lowest BCUT2D eigenvalue weighted by atomic mass is 10.2. The molecule has 0 saturated heterocycles. The molecule has 74 valence electrons. The van der Waals surface area contributed by atoms with Gasteiger partial charge in [0.1, 0.15) is 6.61 Å². The number of para-hydroxylation sites is 2. The lowest BCUT2D eigenvalue weighted by Crippen LogP contribution is -2.45. The maximum absolute atomic E-state index is 11.3. The Hall–Kier alpha value is -1.03. The molecule has 0 saturated carbocycles. The van der Waals surface area contributed by atoms with Crippen molar-refractivity contribution in [1.82, 2.24) is 0 Å². The van der Waals surface area contributed by atoms with Crippen molar-refractivity contribution in [2.75, 3.05) is 6.61 Å². The second-order valence-corrected chi connectivity index (χ2v) is 4.40. The van der Waals surface area contributed by atoms with Crippen molar-refractivity contribution >= 4 is 21.7 Å². The highest BCUT2D eigenvalue weighted by molar-refractivity contribution is 9.10. The standard InChI is InChI=1S/C10H9BrO3/c1-7(12)10(11)6-13-8-4-2-3-5-9(8)14-10/h2-5H,6H2,1H3. The van der Waals surface area contributed by atoms with E-state index >= 15 is 0 Å². The van der Waals surface area contributed by atoms with Gasteiger partial charge in [0.15, 0.2) is 17.3 Å². The number of halogens is 1. The summed E-state index contributed by atoms with van der Waals surface area (Å²) in [4.78, 5) is 11.3. The molecular formula is C10H9BrO3. The van der Waals surface area contributed by atoms with Gasteiger partial charge in [0, 0.05) is 0 Å². The number of carbonyl (C=O) groups is 1. The van der Waals surface area contributed by atoms with E-state index in [9.17, 15) is 4.79 Å². The zero-order valence-electron chi connectivity index (χ0n) is 7.62. The third kappa shape index (κ3) is 1.50. The van der Waals surface area contributed by atoms with Crippen LogP contribution in [0, 0.1) is 0 Å². The van der Waals surface area contributed by atoms with Gasteiger partial charge in [0.2, 0.25) is 0 Å². The molecule has 0 aliphatic carbocycles. The molecule has 0 amide bonds. The van der Waals surface area contributed by atoms with E-state index in [2.05, 4.69) is 15.9 Å². The molecule has 1 heterocycles. The molecule has 1 atom stereocenters. The average Bonchev–Trinajstić information content (AvgIpc) is 2.17. The molecule has 1 aliphatic heterocycles. The Morgan fingerprint density at radius 3 is 2.71 bits per heavy atom. The van der Waals surface area contributed by atoms with E-state index in [-0.39, 0.29) is 12.4 Å². The van der Waals surface area contributed by atoms with Gasteiger partial charge in [-0.05, 0) is 35.0 Å². The van der Waals surface area contributed by atoms with Gasteiger partial charge in [-0.25, -0.2) is 0 Å². The maximum atomic E-state index is 11.3. The summed E-state index contributed by atoms with van der Waals surface area (Å²) in [6.07, 6.45) is 0. The number of alkyl halides is 1. The van der Waals surface area contributed by atoms with Gasteiger partial charge >= 0.3 is 0 Å². The van der Waals surface area contributed by atoms with Crippen LogP contribution >= 0.6 is 15.9 Å². The van der Waals surface area contributed by atoms with E-state index in [1.807, 2.05) is 18.2 Å². The molecule has 14 heavy (non-hydrogen) atoms. The van der Waals surface area contributed by atoms with Gasteiger partial charge in [-0.15, -0.1) is 0 Å². The highest BCUT2D eigenvalue weighted by atomic mass is 79.9. The van der Waals surface area contributed by atoms with E-state index < -0.39 is 4.51 Å². The van der Waals surface area contributed by atoms with Crippen molar-refractivity contribution in [3.8, 4) is 11.5 Å². The van der Waals surface area contributed by atoms with Crippen molar-refractivity contribution in [3.63, 3.8) is 0 Å². The Morgan fingerprint density at radius 1 is 1.43 bits per heavy atom.